The summed E-state index contributed by atoms with van der Waals surface area (Å²) in [6, 6.07) is 7.81. The lowest BCUT2D eigenvalue weighted by Gasteiger charge is -2.12. The first-order valence-electron chi connectivity index (χ1n) is 9.26. The van der Waals surface area contributed by atoms with Crippen molar-refractivity contribution in [2.24, 2.45) is 4.99 Å². The van der Waals surface area contributed by atoms with Crippen molar-refractivity contribution < 1.29 is 9.53 Å². The second-order valence-electron chi connectivity index (χ2n) is 6.17. The summed E-state index contributed by atoms with van der Waals surface area (Å²) >= 11 is 0. The molecule has 0 radical (unpaired) electrons. The number of nitrogens with one attached hydrogen (secondary N) is 3. The summed E-state index contributed by atoms with van der Waals surface area (Å²) < 4.78 is 5.42. The third-order valence-electron chi connectivity index (χ3n) is 4.00. The first-order valence-corrected chi connectivity index (χ1v) is 9.26. The number of hydrogen-bond acceptors (Lipinski definition) is 3. The van der Waals surface area contributed by atoms with Crippen LogP contribution in [0.15, 0.2) is 29.3 Å². The molecule has 0 aliphatic carbocycles. The van der Waals surface area contributed by atoms with Crippen LogP contribution in [0.25, 0.3) is 0 Å². The Hall–Kier alpha value is -1.35. The second kappa shape index (κ2) is 12.9. The number of nitrogens with zero attached hydrogens (tertiary/aromatic N) is 1. The van der Waals surface area contributed by atoms with Crippen molar-refractivity contribution in [3.05, 3.63) is 29.8 Å². The Morgan fingerprint density at radius 1 is 1.31 bits per heavy atom. The fraction of sp³-hybridized carbons (Fsp3) is 0.579. The summed E-state index contributed by atoms with van der Waals surface area (Å²) in [4.78, 5) is 16.8. The fourth-order valence-corrected chi connectivity index (χ4v) is 2.65. The van der Waals surface area contributed by atoms with Crippen molar-refractivity contribution in [3.8, 4) is 0 Å². The van der Waals surface area contributed by atoms with Gasteiger partial charge in [0.25, 0.3) is 5.91 Å². The lowest BCUT2D eigenvalue weighted by Crippen LogP contribution is -2.37. The molecular weight excluding hydrogens is 443 g/mol. The summed E-state index contributed by atoms with van der Waals surface area (Å²) in [7, 11) is 0. The molecule has 1 fully saturated rings. The lowest BCUT2D eigenvalue weighted by atomic mass is 10.2. The van der Waals surface area contributed by atoms with Crippen LogP contribution in [0.1, 0.15) is 45.1 Å². The van der Waals surface area contributed by atoms with Gasteiger partial charge in [-0.15, -0.1) is 24.0 Å². The molecule has 7 heteroatoms. The van der Waals surface area contributed by atoms with E-state index in [-0.39, 0.29) is 36.0 Å². The molecule has 0 bridgehead atoms. The van der Waals surface area contributed by atoms with Gasteiger partial charge in [-0.25, -0.2) is 4.99 Å². The van der Waals surface area contributed by atoms with Gasteiger partial charge in [-0.3, -0.25) is 4.79 Å². The minimum atomic E-state index is -0.315. The molecule has 6 nitrogen and oxygen atoms in total. The molecule has 0 aromatic heterocycles. The molecule has 1 heterocycles. The Kier molecular flexibility index (Phi) is 11.3. The summed E-state index contributed by atoms with van der Waals surface area (Å²) in [5.74, 6) is 0.762. The van der Waals surface area contributed by atoms with Crippen molar-refractivity contribution in [2.75, 3.05) is 25.0 Å². The molecule has 146 valence electrons. The summed E-state index contributed by atoms with van der Waals surface area (Å²) in [6.07, 6.45) is 3.70. The number of carbonyl (C=O) groups is 1. The summed E-state index contributed by atoms with van der Waals surface area (Å²) in [6.45, 7) is 7.20. The molecule has 1 saturated heterocycles. The van der Waals surface area contributed by atoms with Crippen molar-refractivity contribution in [2.45, 2.75) is 52.2 Å². The number of benzene rings is 1. The molecule has 1 amide bonds. The normalized spacial score (nSPS) is 16.7. The van der Waals surface area contributed by atoms with Crippen LogP contribution in [-0.4, -0.2) is 37.7 Å². The second-order valence-corrected chi connectivity index (χ2v) is 6.17. The van der Waals surface area contributed by atoms with Gasteiger partial charge in [-0.05, 0) is 43.9 Å². The highest BCUT2D eigenvalue weighted by molar-refractivity contribution is 14.0. The van der Waals surface area contributed by atoms with Crippen molar-refractivity contribution in [3.63, 3.8) is 0 Å². The molecule has 1 atom stereocenters. The van der Waals surface area contributed by atoms with Gasteiger partial charge in [0.15, 0.2) is 5.96 Å². The van der Waals surface area contributed by atoms with Gasteiger partial charge in [0.05, 0.1) is 6.54 Å². The average Bonchev–Trinajstić information content (AvgIpc) is 3.15. The van der Waals surface area contributed by atoms with E-state index in [9.17, 15) is 4.79 Å². The Labute approximate surface area is 173 Å². The van der Waals surface area contributed by atoms with E-state index >= 15 is 0 Å². The molecule has 1 aromatic carbocycles. The molecular formula is C19H31IN4O2. The monoisotopic (exact) mass is 474 g/mol. The minimum absolute atomic E-state index is 0. The molecule has 1 aliphatic heterocycles. The topological polar surface area (TPSA) is 74.8 Å². The largest absolute Gasteiger partial charge is 0.368 e. The van der Waals surface area contributed by atoms with Crippen LogP contribution in [0.2, 0.25) is 0 Å². The van der Waals surface area contributed by atoms with E-state index in [4.69, 9.17) is 4.74 Å². The van der Waals surface area contributed by atoms with Crippen LogP contribution < -0.4 is 16.0 Å². The van der Waals surface area contributed by atoms with Crippen molar-refractivity contribution >= 4 is 41.5 Å². The molecule has 2 rings (SSSR count). The van der Waals surface area contributed by atoms with Crippen LogP contribution >= 0.6 is 24.0 Å². The number of anilines is 1. The fourth-order valence-electron chi connectivity index (χ4n) is 2.65. The number of ether oxygens (including phenoxy) is 1. The Morgan fingerprint density at radius 3 is 2.85 bits per heavy atom. The van der Waals surface area contributed by atoms with E-state index in [2.05, 4.69) is 34.8 Å². The number of rotatable bonds is 8. The molecule has 0 saturated carbocycles. The van der Waals surface area contributed by atoms with Gasteiger partial charge in [0.2, 0.25) is 0 Å². The highest BCUT2D eigenvalue weighted by atomic mass is 127. The highest BCUT2D eigenvalue weighted by Gasteiger charge is 2.23. The van der Waals surface area contributed by atoms with Crippen molar-refractivity contribution in [1.82, 2.24) is 10.6 Å². The molecule has 0 spiro atoms. The van der Waals surface area contributed by atoms with Crippen molar-refractivity contribution in [1.29, 1.82) is 0 Å². The standard InChI is InChI=1S/C19H30N4O2.HI/c1-3-5-11-21-19(20-4-2)22-14-15-8-6-9-16(13-15)23-18(24)17-10-7-12-25-17;/h6,8-9,13,17H,3-5,7,10-12,14H2,1-2H3,(H,23,24)(H2,20,21,22);1H. The number of halogens is 1. The zero-order chi connectivity index (χ0) is 17.9. The first-order chi connectivity index (χ1) is 12.2. The van der Waals surface area contributed by atoms with E-state index in [1.54, 1.807) is 0 Å². The maximum atomic E-state index is 12.1. The molecule has 1 aromatic rings. The summed E-state index contributed by atoms with van der Waals surface area (Å²) in [5.41, 5.74) is 1.84. The van der Waals surface area contributed by atoms with Gasteiger partial charge in [-0.1, -0.05) is 25.5 Å². The van der Waals surface area contributed by atoms with Crippen LogP contribution in [0.5, 0.6) is 0 Å². The van der Waals surface area contributed by atoms with E-state index < -0.39 is 0 Å². The highest BCUT2D eigenvalue weighted by Crippen LogP contribution is 2.16. The Bertz CT molecular complexity index is 574. The number of guanidine groups is 1. The number of carbonyl (C=O) groups excluding carboxylic acids is 1. The van der Waals surface area contributed by atoms with E-state index in [0.717, 1.165) is 56.0 Å². The quantitative estimate of drug-likeness (QED) is 0.234. The zero-order valence-electron chi connectivity index (χ0n) is 15.7. The van der Waals surface area contributed by atoms with Gasteiger partial charge < -0.3 is 20.7 Å². The van der Waals surface area contributed by atoms with Gasteiger partial charge in [-0.2, -0.15) is 0 Å². The summed E-state index contributed by atoms with van der Waals surface area (Å²) in [5, 5.41) is 9.51. The Morgan fingerprint density at radius 2 is 2.15 bits per heavy atom. The SMILES string of the molecule is CCCCNC(=NCc1cccc(NC(=O)C2CCCO2)c1)NCC.I. The predicted molar refractivity (Wildman–Crippen MR) is 117 cm³/mol. The van der Waals surface area contributed by atoms with Gasteiger partial charge in [0.1, 0.15) is 6.10 Å². The molecule has 1 aliphatic rings. The van der Waals surface area contributed by atoms with E-state index in [0.29, 0.717) is 13.2 Å². The molecule has 26 heavy (non-hydrogen) atoms. The zero-order valence-corrected chi connectivity index (χ0v) is 18.0. The maximum Gasteiger partial charge on any atom is 0.253 e. The third kappa shape index (κ3) is 7.90. The van der Waals surface area contributed by atoms with Crippen LogP contribution in [-0.2, 0) is 16.1 Å². The van der Waals surface area contributed by atoms with E-state index in [1.807, 2.05) is 24.3 Å². The molecule has 1 unspecified atom stereocenters. The van der Waals surface area contributed by atoms with Crippen LogP contribution in [0, 0.1) is 0 Å². The molecule has 3 N–H and O–H groups in total. The smallest absolute Gasteiger partial charge is 0.253 e. The first kappa shape index (κ1) is 22.7. The number of aliphatic imine (C=N–C) groups is 1. The van der Waals surface area contributed by atoms with E-state index in [1.165, 1.54) is 0 Å². The minimum Gasteiger partial charge on any atom is -0.368 e. The third-order valence-corrected chi connectivity index (χ3v) is 4.00. The number of amides is 1. The maximum absolute atomic E-state index is 12.1. The van der Waals surface area contributed by atoms with Gasteiger partial charge in [0, 0.05) is 25.4 Å². The lowest BCUT2D eigenvalue weighted by molar-refractivity contribution is -0.124. The number of unbranched alkanes of at least 4 members (excludes halogenated alkanes) is 1. The average molecular weight is 474 g/mol. The predicted octanol–water partition coefficient (Wildman–Crippen LogP) is 3.28. The van der Waals surface area contributed by atoms with Crippen LogP contribution in [0.4, 0.5) is 5.69 Å². The Balaban J connectivity index is 0.00000338. The van der Waals surface area contributed by atoms with Crippen LogP contribution in [0.3, 0.4) is 0 Å². The van der Waals surface area contributed by atoms with Gasteiger partial charge >= 0.3 is 0 Å². The number of hydrogen-bond donors (Lipinski definition) is 3.